The summed E-state index contributed by atoms with van der Waals surface area (Å²) in [6, 6.07) is 4.65. The van der Waals surface area contributed by atoms with Crippen molar-refractivity contribution in [2.45, 2.75) is 6.54 Å². The summed E-state index contributed by atoms with van der Waals surface area (Å²) in [5.74, 6) is 0.292. The van der Waals surface area contributed by atoms with Gasteiger partial charge in [-0.05, 0) is 24.7 Å². The minimum absolute atomic E-state index is 0. The van der Waals surface area contributed by atoms with Gasteiger partial charge in [0.05, 0.1) is 7.11 Å². The fourth-order valence-corrected chi connectivity index (χ4v) is 1.04. The third kappa shape index (κ3) is 3.61. The van der Waals surface area contributed by atoms with Gasteiger partial charge in [-0.2, -0.15) is 0 Å². The third-order valence-corrected chi connectivity index (χ3v) is 1.55. The van der Waals surface area contributed by atoms with E-state index in [0.717, 1.165) is 5.56 Å². The van der Waals surface area contributed by atoms with Crippen LogP contribution in [0.2, 0.25) is 0 Å². The van der Waals surface area contributed by atoms with Crippen molar-refractivity contribution in [1.82, 2.24) is 5.32 Å². The van der Waals surface area contributed by atoms with Crippen molar-refractivity contribution in [2.75, 3.05) is 14.2 Å². The second-order valence-corrected chi connectivity index (χ2v) is 2.53. The van der Waals surface area contributed by atoms with Crippen LogP contribution in [-0.2, 0) is 6.54 Å². The predicted molar refractivity (Wildman–Crippen MR) is 53.0 cm³/mol. The van der Waals surface area contributed by atoms with Crippen LogP contribution in [0.25, 0.3) is 0 Å². The summed E-state index contributed by atoms with van der Waals surface area (Å²) < 4.78 is 17.7. The Bertz CT molecular complexity index is 268. The van der Waals surface area contributed by atoms with Crippen LogP contribution in [0.15, 0.2) is 18.2 Å². The van der Waals surface area contributed by atoms with Crippen molar-refractivity contribution in [2.24, 2.45) is 0 Å². The molecular formula is C9H13ClFNO. The maximum absolute atomic E-state index is 12.8. The van der Waals surface area contributed by atoms with Gasteiger partial charge in [0.1, 0.15) is 11.6 Å². The molecule has 1 N–H and O–H groups in total. The largest absolute Gasteiger partial charge is 0.497 e. The molecule has 1 aromatic carbocycles. The zero-order valence-electron chi connectivity index (χ0n) is 7.63. The van der Waals surface area contributed by atoms with Crippen molar-refractivity contribution >= 4 is 12.4 Å². The number of hydrogen-bond donors (Lipinski definition) is 1. The molecule has 0 spiro atoms. The molecule has 0 saturated carbocycles. The van der Waals surface area contributed by atoms with E-state index in [1.807, 2.05) is 7.05 Å². The number of benzene rings is 1. The number of halogens is 2. The maximum atomic E-state index is 12.8. The lowest BCUT2D eigenvalue weighted by atomic mass is 10.2. The Hall–Kier alpha value is -0.800. The quantitative estimate of drug-likeness (QED) is 0.815. The number of hydrogen-bond acceptors (Lipinski definition) is 2. The number of ether oxygens (including phenoxy) is 1. The Balaban J connectivity index is 0.00000144. The molecule has 13 heavy (non-hydrogen) atoms. The Kier molecular flexibility index (Phi) is 5.42. The number of methoxy groups -OCH3 is 1. The van der Waals surface area contributed by atoms with Crippen molar-refractivity contribution in [1.29, 1.82) is 0 Å². The summed E-state index contributed by atoms with van der Waals surface area (Å²) in [5.41, 5.74) is 0.884. The normalized spacial score (nSPS) is 9.15. The van der Waals surface area contributed by atoms with Gasteiger partial charge in [0.2, 0.25) is 0 Å². The summed E-state index contributed by atoms with van der Waals surface area (Å²) in [4.78, 5) is 0. The molecule has 0 fully saturated rings. The van der Waals surface area contributed by atoms with Gasteiger partial charge < -0.3 is 10.1 Å². The van der Waals surface area contributed by atoms with E-state index < -0.39 is 0 Å². The lowest BCUT2D eigenvalue weighted by molar-refractivity contribution is 0.410. The molecule has 0 aliphatic rings. The predicted octanol–water partition coefficient (Wildman–Crippen LogP) is 1.98. The minimum atomic E-state index is -0.264. The summed E-state index contributed by atoms with van der Waals surface area (Å²) in [6.07, 6.45) is 0. The van der Waals surface area contributed by atoms with Crippen LogP contribution < -0.4 is 10.1 Å². The van der Waals surface area contributed by atoms with Crippen molar-refractivity contribution in [3.8, 4) is 5.75 Å². The molecule has 0 aliphatic heterocycles. The Labute approximate surface area is 83.5 Å². The fraction of sp³-hybridized carbons (Fsp3) is 0.333. The first-order chi connectivity index (χ1) is 5.76. The molecule has 0 aliphatic carbocycles. The first-order valence-electron chi connectivity index (χ1n) is 3.74. The molecule has 0 saturated heterocycles. The average Bonchev–Trinajstić information content (AvgIpc) is 2.04. The van der Waals surface area contributed by atoms with Crippen LogP contribution in [0.1, 0.15) is 5.56 Å². The van der Waals surface area contributed by atoms with Crippen LogP contribution >= 0.6 is 12.4 Å². The van der Waals surface area contributed by atoms with Gasteiger partial charge in [0.25, 0.3) is 0 Å². The molecule has 0 atom stereocenters. The zero-order valence-corrected chi connectivity index (χ0v) is 8.45. The molecule has 4 heteroatoms. The van der Waals surface area contributed by atoms with Crippen LogP contribution in [0, 0.1) is 5.82 Å². The van der Waals surface area contributed by atoms with E-state index in [4.69, 9.17) is 4.74 Å². The highest BCUT2D eigenvalue weighted by Crippen LogP contribution is 2.15. The van der Waals surface area contributed by atoms with Crippen LogP contribution in [0.4, 0.5) is 4.39 Å². The van der Waals surface area contributed by atoms with Crippen LogP contribution in [0.5, 0.6) is 5.75 Å². The summed E-state index contributed by atoms with van der Waals surface area (Å²) >= 11 is 0. The summed E-state index contributed by atoms with van der Waals surface area (Å²) in [7, 11) is 3.34. The molecule has 0 bridgehead atoms. The highest BCUT2D eigenvalue weighted by molar-refractivity contribution is 5.85. The summed E-state index contributed by atoms with van der Waals surface area (Å²) in [6.45, 7) is 0.647. The second kappa shape index (κ2) is 5.78. The molecule has 2 nitrogen and oxygen atoms in total. The average molecular weight is 206 g/mol. The molecule has 0 radical (unpaired) electrons. The molecule has 0 heterocycles. The van der Waals surface area contributed by atoms with E-state index in [0.29, 0.717) is 12.3 Å². The first-order valence-corrected chi connectivity index (χ1v) is 3.74. The van der Waals surface area contributed by atoms with Crippen LogP contribution in [-0.4, -0.2) is 14.2 Å². The topological polar surface area (TPSA) is 21.3 Å². The van der Waals surface area contributed by atoms with Gasteiger partial charge in [-0.25, -0.2) is 4.39 Å². The fourth-order valence-electron chi connectivity index (χ4n) is 1.04. The van der Waals surface area contributed by atoms with Gasteiger partial charge in [-0.3, -0.25) is 0 Å². The lowest BCUT2D eigenvalue weighted by Gasteiger charge is -2.04. The first kappa shape index (κ1) is 12.2. The van der Waals surface area contributed by atoms with Gasteiger partial charge in [0.15, 0.2) is 0 Å². The Morgan fingerprint density at radius 1 is 1.38 bits per heavy atom. The maximum Gasteiger partial charge on any atom is 0.127 e. The second-order valence-electron chi connectivity index (χ2n) is 2.53. The van der Waals surface area contributed by atoms with E-state index >= 15 is 0 Å². The van der Waals surface area contributed by atoms with E-state index in [1.165, 1.54) is 19.2 Å². The Morgan fingerprint density at radius 3 is 2.62 bits per heavy atom. The third-order valence-electron chi connectivity index (χ3n) is 1.55. The van der Waals surface area contributed by atoms with Crippen molar-refractivity contribution in [3.63, 3.8) is 0 Å². The highest BCUT2D eigenvalue weighted by atomic mass is 35.5. The Morgan fingerprint density at radius 2 is 2.08 bits per heavy atom. The standard InChI is InChI=1S/C9H12FNO.ClH/c1-11-6-7-3-8(10)5-9(4-7)12-2;/h3-5,11H,6H2,1-2H3;1H. The molecule has 1 rings (SSSR count). The number of rotatable bonds is 3. The van der Waals surface area contributed by atoms with Gasteiger partial charge in [-0.1, -0.05) is 0 Å². The SMILES string of the molecule is CNCc1cc(F)cc(OC)c1.Cl. The summed E-state index contributed by atoms with van der Waals surface area (Å²) in [5, 5.41) is 2.94. The highest BCUT2D eigenvalue weighted by Gasteiger charge is 1.99. The smallest absolute Gasteiger partial charge is 0.127 e. The molecule has 0 aromatic heterocycles. The van der Waals surface area contributed by atoms with Crippen molar-refractivity contribution in [3.05, 3.63) is 29.6 Å². The van der Waals surface area contributed by atoms with Gasteiger partial charge >= 0.3 is 0 Å². The molecule has 74 valence electrons. The van der Waals surface area contributed by atoms with Gasteiger partial charge in [0, 0.05) is 12.6 Å². The lowest BCUT2D eigenvalue weighted by Crippen LogP contribution is -2.05. The zero-order chi connectivity index (χ0) is 8.97. The van der Waals surface area contributed by atoms with E-state index in [2.05, 4.69) is 5.32 Å². The minimum Gasteiger partial charge on any atom is -0.497 e. The molecular weight excluding hydrogens is 193 g/mol. The van der Waals surface area contributed by atoms with Gasteiger partial charge in [-0.15, -0.1) is 12.4 Å². The molecule has 1 aromatic rings. The van der Waals surface area contributed by atoms with E-state index in [1.54, 1.807) is 6.07 Å². The molecule has 0 amide bonds. The van der Waals surface area contributed by atoms with E-state index in [-0.39, 0.29) is 18.2 Å². The van der Waals surface area contributed by atoms with Crippen molar-refractivity contribution < 1.29 is 9.13 Å². The number of nitrogens with one attached hydrogen (secondary N) is 1. The van der Waals surface area contributed by atoms with E-state index in [9.17, 15) is 4.39 Å². The molecule has 0 unspecified atom stereocenters. The monoisotopic (exact) mass is 205 g/mol. The van der Waals surface area contributed by atoms with Crippen LogP contribution in [0.3, 0.4) is 0 Å².